The summed E-state index contributed by atoms with van der Waals surface area (Å²) in [6, 6.07) is 13.9. The third-order valence-electron chi connectivity index (χ3n) is 5.04. The van der Waals surface area contributed by atoms with Gasteiger partial charge in [0.2, 0.25) is 0 Å². The number of aryl methyl sites for hydroxylation is 4. The molecular weight excluding hydrogens is 483 g/mol. The second kappa shape index (κ2) is 27.5. The van der Waals surface area contributed by atoms with E-state index in [4.69, 9.17) is 18.6 Å². The van der Waals surface area contributed by atoms with Crippen LogP contribution in [-0.4, -0.2) is 9.52 Å². The van der Waals surface area contributed by atoms with Gasteiger partial charge in [0, 0.05) is 9.52 Å². The minimum absolute atomic E-state index is 0.556. The number of rotatable bonds is 12. The molecule has 0 spiro atoms. The molecule has 0 N–H and O–H groups in total. The topological polar surface area (TPSA) is 0 Å². The molecule has 0 atom stereocenters. The summed E-state index contributed by atoms with van der Waals surface area (Å²) < 4.78 is 0. The Labute approximate surface area is 220 Å². The standard InChI is InChI=1S/2C13H21.C2H7Si.2ClH.Ti/c2*1-3-5-7-12-9-10-13(11-12)8-6-4-2;1-3-2;;;/h2*9-11H,3-8H2,1-2H3;3H,1-2H3;2*1H;/q2*-1;;;;+2/p-2. The molecule has 0 saturated carbocycles. The maximum absolute atomic E-state index is 4.89. The maximum atomic E-state index is 4.89. The molecule has 1 radical (unpaired) electrons. The van der Waals surface area contributed by atoms with Crippen LogP contribution < -0.4 is 0 Å². The van der Waals surface area contributed by atoms with Crippen LogP contribution in [0.25, 0.3) is 0 Å². The Morgan fingerprint density at radius 3 is 1.22 bits per heavy atom. The average molecular weight is 533 g/mol. The van der Waals surface area contributed by atoms with Crippen LogP contribution in [0.15, 0.2) is 36.4 Å². The van der Waals surface area contributed by atoms with E-state index in [1.807, 2.05) is 0 Å². The van der Waals surface area contributed by atoms with E-state index in [2.05, 4.69) is 77.2 Å². The van der Waals surface area contributed by atoms with Crippen molar-refractivity contribution < 1.29 is 17.0 Å². The Morgan fingerprint density at radius 2 is 0.938 bits per heavy atom. The second-order valence-electron chi connectivity index (χ2n) is 8.32. The van der Waals surface area contributed by atoms with E-state index < -0.39 is 17.0 Å². The van der Waals surface area contributed by atoms with Crippen molar-refractivity contribution in [3.63, 3.8) is 0 Å². The molecule has 2 aromatic rings. The fraction of sp³-hybridized carbons (Fsp3) is 0.643. The van der Waals surface area contributed by atoms with Gasteiger partial charge < -0.3 is 0 Å². The number of hydrogen-bond donors (Lipinski definition) is 0. The Kier molecular flexibility index (Phi) is 29.5. The van der Waals surface area contributed by atoms with Gasteiger partial charge in [0.15, 0.2) is 0 Å². The van der Waals surface area contributed by atoms with Gasteiger partial charge in [-0.2, -0.15) is 46.5 Å². The molecule has 0 saturated heterocycles. The Balaban J connectivity index is 0. The van der Waals surface area contributed by atoms with Gasteiger partial charge in [0.1, 0.15) is 0 Å². The quantitative estimate of drug-likeness (QED) is 0.188. The summed E-state index contributed by atoms with van der Waals surface area (Å²) in [4.78, 5) is 0. The first-order chi connectivity index (χ1) is 15.6. The van der Waals surface area contributed by atoms with Gasteiger partial charge in [-0.05, 0) is 0 Å². The fourth-order valence-corrected chi connectivity index (χ4v) is 3.24. The van der Waals surface area contributed by atoms with Crippen LogP contribution in [0, 0.1) is 0 Å². The van der Waals surface area contributed by atoms with E-state index in [1.54, 1.807) is 0 Å². The Bertz CT molecular complexity index is 495. The van der Waals surface area contributed by atoms with Crippen LogP contribution in [-0.2, 0) is 42.7 Å². The van der Waals surface area contributed by atoms with Crippen molar-refractivity contribution in [2.24, 2.45) is 0 Å². The molecule has 0 heterocycles. The average Bonchev–Trinajstić information content (AvgIpc) is 3.44. The zero-order valence-corrected chi connectivity index (χ0v) is 26.0. The number of unbranched alkanes of at least 4 members (excludes halogenated alkanes) is 4. The van der Waals surface area contributed by atoms with E-state index >= 15 is 0 Å². The van der Waals surface area contributed by atoms with Crippen LogP contribution in [0.2, 0.25) is 13.1 Å². The van der Waals surface area contributed by atoms with Gasteiger partial charge >= 0.3 is 35.6 Å². The first-order valence-electron chi connectivity index (χ1n) is 12.8. The van der Waals surface area contributed by atoms with Gasteiger partial charge in [0.25, 0.3) is 0 Å². The molecule has 0 aromatic heterocycles. The van der Waals surface area contributed by atoms with E-state index in [0.717, 1.165) is 9.52 Å². The summed E-state index contributed by atoms with van der Waals surface area (Å²) in [5, 5.41) is 0. The first-order valence-corrected chi connectivity index (χ1v) is 19.4. The van der Waals surface area contributed by atoms with Crippen LogP contribution in [0.1, 0.15) is 101 Å². The van der Waals surface area contributed by atoms with Gasteiger partial charge in [0.05, 0.1) is 0 Å². The Morgan fingerprint density at radius 1 is 0.656 bits per heavy atom. The molecule has 185 valence electrons. The first kappa shape index (κ1) is 34.4. The predicted octanol–water partition coefficient (Wildman–Crippen LogP) is 10.1. The molecule has 0 aliphatic rings. The van der Waals surface area contributed by atoms with Crippen molar-refractivity contribution in [1.29, 1.82) is 0 Å². The Hall–Kier alpha value is 0.211. The molecule has 0 bridgehead atoms. The van der Waals surface area contributed by atoms with Crippen LogP contribution >= 0.6 is 18.6 Å². The molecule has 0 unspecified atom stereocenters. The van der Waals surface area contributed by atoms with Crippen molar-refractivity contribution in [2.75, 3.05) is 0 Å². The summed E-state index contributed by atoms with van der Waals surface area (Å²) in [6.07, 6.45) is 15.6. The molecule has 2 rings (SSSR count). The molecule has 0 aliphatic heterocycles. The van der Waals surface area contributed by atoms with Crippen molar-refractivity contribution in [2.45, 2.75) is 118 Å². The van der Waals surface area contributed by atoms with Gasteiger partial charge in [-0.3, -0.25) is 0 Å². The second-order valence-corrected chi connectivity index (χ2v) is 12.1. The van der Waals surface area contributed by atoms with Crippen molar-refractivity contribution in [3.8, 4) is 0 Å². The van der Waals surface area contributed by atoms with E-state index in [0.29, 0.717) is 0 Å². The molecule has 0 fully saturated rings. The van der Waals surface area contributed by atoms with Gasteiger partial charge in [-0.15, -0.1) is 0 Å². The summed E-state index contributed by atoms with van der Waals surface area (Å²) >= 11 is -0.556. The molecule has 4 heteroatoms. The third kappa shape index (κ3) is 22.0. The SMILES string of the molecule is CCCCc1c[cH-]c(CCCC)c1.CCCCc1c[cH-]c(CCCC)c1.C[SiH]C.[Cl][Ti][Cl]. The zero-order chi connectivity index (χ0) is 24.5. The molecule has 2 aromatic carbocycles. The van der Waals surface area contributed by atoms with Crippen molar-refractivity contribution >= 4 is 28.1 Å². The number of halogens is 2. The molecule has 0 nitrogen and oxygen atoms in total. The molecule has 0 aliphatic carbocycles. The van der Waals surface area contributed by atoms with Crippen LogP contribution in [0.4, 0.5) is 0 Å². The van der Waals surface area contributed by atoms with E-state index in [9.17, 15) is 0 Å². The van der Waals surface area contributed by atoms with Crippen molar-refractivity contribution in [1.82, 2.24) is 0 Å². The minimum atomic E-state index is -0.556. The van der Waals surface area contributed by atoms with Gasteiger partial charge in [-0.1, -0.05) is 118 Å². The normalized spacial score (nSPS) is 9.62. The summed E-state index contributed by atoms with van der Waals surface area (Å²) in [5.41, 5.74) is 6.14. The predicted molar refractivity (Wildman–Crippen MR) is 149 cm³/mol. The fourth-order valence-electron chi connectivity index (χ4n) is 3.24. The van der Waals surface area contributed by atoms with Crippen LogP contribution in [0.5, 0.6) is 0 Å². The zero-order valence-electron chi connectivity index (χ0n) is 21.8. The van der Waals surface area contributed by atoms with E-state index in [1.165, 1.54) is 99.3 Å². The monoisotopic (exact) mass is 531 g/mol. The van der Waals surface area contributed by atoms with Crippen molar-refractivity contribution in [3.05, 3.63) is 58.7 Å². The van der Waals surface area contributed by atoms with Gasteiger partial charge in [-0.25, -0.2) is 12.1 Å². The van der Waals surface area contributed by atoms with E-state index in [-0.39, 0.29) is 0 Å². The number of hydrogen-bond acceptors (Lipinski definition) is 0. The molecular formula is C28H49Cl2SiTi-2. The third-order valence-corrected chi connectivity index (χ3v) is 5.04. The summed E-state index contributed by atoms with van der Waals surface area (Å²) in [6.45, 7) is 13.4. The molecule has 0 amide bonds. The van der Waals surface area contributed by atoms with Crippen LogP contribution in [0.3, 0.4) is 0 Å². The molecule has 32 heavy (non-hydrogen) atoms. The summed E-state index contributed by atoms with van der Waals surface area (Å²) in [5.74, 6) is 0. The summed E-state index contributed by atoms with van der Waals surface area (Å²) in [7, 11) is 10.5.